The summed E-state index contributed by atoms with van der Waals surface area (Å²) in [5.74, 6) is 0.248. The molecule has 2 rings (SSSR count). The summed E-state index contributed by atoms with van der Waals surface area (Å²) < 4.78 is 15.8. The number of hydrogen-bond acceptors (Lipinski definition) is 5. The van der Waals surface area contributed by atoms with E-state index in [-0.39, 0.29) is 18.1 Å². The van der Waals surface area contributed by atoms with Gasteiger partial charge in [-0.1, -0.05) is 18.2 Å². The molecule has 7 nitrogen and oxygen atoms in total. The molecule has 26 heavy (non-hydrogen) atoms. The van der Waals surface area contributed by atoms with Crippen LogP contribution in [-0.4, -0.2) is 44.4 Å². The van der Waals surface area contributed by atoms with E-state index < -0.39 is 5.97 Å². The van der Waals surface area contributed by atoms with Crippen LogP contribution >= 0.6 is 0 Å². The Morgan fingerprint density at radius 2 is 1.69 bits per heavy atom. The third kappa shape index (κ3) is 5.14. The third-order valence-electron chi connectivity index (χ3n) is 3.68. The van der Waals surface area contributed by atoms with Gasteiger partial charge in [0.15, 0.2) is 18.1 Å². The quantitative estimate of drug-likeness (QED) is 0.712. The molecule has 0 aliphatic heterocycles. The Balaban J connectivity index is 1.84. The summed E-state index contributed by atoms with van der Waals surface area (Å²) in [4.78, 5) is 22.9. The molecule has 0 saturated carbocycles. The Morgan fingerprint density at radius 3 is 2.35 bits per heavy atom. The van der Waals surface area contributed by atoms with Crippen LogP contribution in [0.3, 0.4) is 0 Å². The zero-order valence-electron chi connectivity index (χ0n) is 14.7. The van der Waals surface area contributed by atoms with Gasteiger partial charge in [0.05, 0.1) is 19.8 Å². The van der Waals surface area contributed by atoms with Crippen molar-refractivity contribution in [1.29, 1.82) is 0 Å². The van der Waals surface area contributed by atoms with E-state index in [1.807, 2.05) is 6.07 Å². The van der Waals surface area contributed by atoms with Crippen molar-refractivity contribution in [3.63, 3.8) is 0 Å². The topological polar surface area (TPSA) is 94.1 Å². The number of aromatic carboxylic acids is 1. The smallest absolute Gasteiger partial charge is 0.335 e. The molecular formula is C19H21NO6. The molecule has 1 amide bonds. The summed E-state index contributed by atoms with van der Waals surface area (Å²) >= 11 is 0. The van der Waals surface area contributed by atoms with Crippen LogP contribution in [0.2, 0.25) is 0 Å². The van der Waals surface area contributed by atoms with E-state index in [0.29, 0.717) is 30.2 Å². The molecular weight excluding hydrogens is 338 g/mol. The molecule has 7 heteroatoms. The molecule has 0 atom stereocenters. The fraction of sp³-hybridized carbons (Fsp3) is 0.263. The number of carboxylic acids is 1. The Labute approximate surface area is 151 Å². The van der Waals surface area contributed by atoms with Crippen LogP contribution in [0, 0.1) is 0 Å². The number of carboxylic acid groups (broad SMARTS) is 1. The zero-order valence-corrected chi connectivity index (χ0v) is 14.7. The second kappa shape index (κ2) is 9.31. The van der Waals surface area contributed by atoms with E-state index in [1.165, 1.54) is 26.4 Å². The first kappa shape index (κ1) is 19.1. The first-order chi connectivity index (χ1) is 12.5. The summed E-state index contributed by atoms with van der Waals surface area (Å²) in [6.07, 6.45) is 0.503. The molecule has 2 aromatic carbocycles. The maximum Gasteiger partial charge on any atom is 0.335 e. The van der Waals surface area contributed by atoms with Crippen LogP contribution in [-0.2, 0) is 11.2 Å². The highest BCUT2D eigenvalue weighted by molar-refractivity contribution is 5.88. The van der Waals surface area contributed by atoms with Crippen LogP contribution in [0.15, 0.2) is 42.5 Å². The number of carbonyl (C=O) groups is 2. The van der Waals surface area contributed by atoms with Crippen molar-refractivity contribution < 1.29 is 28.9 Å². The van der Waals surface area contributed by atoms with Crippen LogP contribution in [0.25, 0.3) is 0 Å². The second-order valence-corrected chi connectivity index (χ2v) is 5.37. The molecule has 0 aliphatic rings. The van der Waals surface area contributed by atoms with Crippen molar-refractivity contribution >= 4 is 11.9 Å². The van der Waals surface area contributed by atoms with Gasteiger partial charge in [-0.15, -0.1) is 0 Å². The molecule has 0 fully saturated rings. The van der Waals surface area contributed by atoms with Gasteiger partial charge in [-0.05, 0) is 36.2 Å². The van der Waals surface area contributed by atoms with Crippen molar-refractivity contribution in [1.82, 2.24) is 5.32 Å². The SMILES string of the molecule is COc1cc(C(=O)O)ccc1CCNC(=O)COc1ccccc1OC. The van der Waals surface area contributed by atoms with Crippen LogP contribution in [0.4, 0.5) is 0 Å². The van der Waals surface area contributed by atoms with E-state index in [1.54, 1.807) is 24.3 Å². The van der Waals surface area contributed by atoms with Gasteiger partial charge in [0.2, 0.25) is 0 Å². The first-order valence-electron chi connectivity index (χ1n) is 7.98. The van der Waals surface area contributed by atoms with Crippen LogP contribution < -0.4 is 19.5 Å². The van der Waals surface area contributed by atoms with Crippen molar-refractivity contribution in [2.45, 2.75) is 6.42 Å². The molecule has 0 aliphatic carbocycles. The van der Waals surface area contributed by atoms with Gasteiger partial charge in [-0.2, -0.15) is 0 Å². The number of para-hydroxylation sites is 2. The Morgan fingerprint density at radius 1 is 1.00 bits per heavy atom. The first-order valence-corrected chi connectivity index (χ1v) is 7.98. The molecule has 138 valence electrons. The zero-order chi connectivity index (χ0) is 18.9. The molecule has 0 saturated heterocycles. The lowest BCUT2D eigenvalue weighted by Crippen LogP contribution is -2.30. The van der Waals surface area contributed by atoms with E-state index in [2.05, 4.69) is 5.32 Å². The molecule has 2 aromatic rings. The summed E-state index contributed by atoms with van der Waals surface area (Å²) in [6, 6.07) is 11.7. The molecule has 0 heterocycles. The summed E-state index contributed by atoms with van der Waals surface area (Å²) in [6.45, 7) is 0.242. The highest BCUT2D eigenvalue weighted by atomic mass is 16.5. The number of rotatable bonds is 9. The summed E-state index contributed by atoms with van der Waals surface area (Å²) in [7, 11) is 3.01. The number of amides is 1. The van der Waals surface area contributed by atoms with Gasteiger partial charge in [0, 0.05) is 6.54 Å². The van der Waals surface area contributed by atoms with E-state index in [4.69, 9.17) is 19.3 Å². The minimum Gasteiger partial charge on any atom is -0.496 e. The lowest BCUT2D eigenvalue weighted by Gasteiger charge is -2.12. The average Bonchev–Trinajstić information content (AvgIpc) is 2.66. The monoisotopic (exact) mass is 359 g/mol. The van der Waals surface area contributed by atoms with Gasteiger partial charge in [-0.3, -0.25) is 4.79 Å². The van der Waals surface area contributed by atoms with Crippen molar-refractivity contribution in [3.8, 4) is 17.2 Å². The molecule has 2 N–H and O–H groups in total. The van der Waals surface area contributed by atoms with Crippen molar-refractivity contribution in [3.05, 3.63) is 53.6 Å². The Kier molecular flexibility index (Phi) is 6.84. The predicted octanol–water partition coefficient (Wildman–Crippen LogP) is 2.14. The number of nitrogens with one attached hydrogen (secondary N) is 1. The predicted molar refractivity (Wildman–Crippen MR) is 95.2 cm³/mol. The van der Waals surface area contributed by atoms with Crippen LogP contribution in [0.5, 0.6) is 17.2 Å². The lowest BCUT2D eigenvalue weighted by molar-refractivity contribution is -0.123. The standard InChI is InChI=1S/C19H21NO6/c1-24-15-5-3-4-6-16(15)26-12-18(21)20-10-9-13-7-8-14(19(22)23)11-17(13)25-2/h3-8,11H,9-10,12H2,1-2H3,(H,20,21)(H,22,23). The highest BCUT2D eigenvalue weighted by Gasteiger charge is 2.10. The average molecular weight is 359 g/mol. The fourth-order valence-corrected chi connectivity index (χ4v) is 2.35. The van der Waals surface area contributed by atoms with E-state index >= 15 is 0 Å². The number of carbonyl (C=O) groups excluding carboxylic acids is 1. The summed E-state index contributed by atoms with van der Waals surface area (Å²) in [5.41, 5.74) is 0.961. The van der Waals surface area contributed by atoms with Gasteiger partial charge >= 0.3 is 5.97 Å². The summed E-state index contributed by atoms with van der Waals surface area (Å²) in [5, 5.41) is 11.8. The van der Waals surface area contributed by atoms with Crippen LogP contribution in [0.1, 0.15) is 15.9 Å². The number of ether oxygens (including phenoxy) is 3. The van der Waals surface area contributed by atoms with Gasteiger partial charge < -0.3 is 24.6 Å². The number of methoxy groups -OCH3 is 2. The van der Waals surface area contributed by atoms with Crippen molar-refractivity contribution in [2.75, 3.05) is 27.4 Å². The third-order valence-corrected chi connectivity index (χ3v) is 3.68. The minimum absolute atomic E-state index is 0.130. The Bertz CT molecular complexity index is 774. The van der Waals surface area contributed by atoms with E-state index in [9.17, 15) is 9.59 Å². The van der Waals surface area contributed by atoms with Crippen molar-refractivity contribution in [2.24, 2.45) is 0 Å². The fourth-order valence-electron chi connectivity index (χ4n) is 2.35. The number of hydrogen-bond donors (Lipinski definition) is 2. The molecule has 0 bridgehead atoms. The lowest BCUT2D eigenvalue weighted by atomic mass is 10.1. The normalized spacial score (nSPS) is 10.1. The minimum atomic E-state index is -1.02. The van der Waals surface area contributed by atoms with Gasteiger partial charge in [0.25, 0.3) is 5.91 Å². The molecule has 0 aromatic heterocycles. The van der Waals surface area contributed by atoms with Gasteiger partial charge in [0.1, 0.15) is 5.75 Å². The van der Waals surface area contributed by atoms with E-state index in [0.717, 1.165) is 5.56 Å². The maximum atomic E-state index is 11.9. The molecule has 0 radical (unpaired) electrons. The maximum absolute atomic E-state index is 11.9. The highest BCUT2D eigenvalue weighted by Crippen LogP contribution is 2.25. The second-order valence-electron chi connectivity index (χ2n) is 5.37. The Hall–Kier alpha value is -3.22. The molecule has 0 unspecified atom stereocenters. The van der Waals surface area contributed by atoms with Gasteiger partial charge in [-0.25, -0.2) is 4.79 Å². The number of benzene rings is 2. The molecule has 0 spiro atoms. The largest absolute Gasteiger partial charge is 0.496 e.